The Morgan fingerprint density at radius 2 is 1.97 bits per heavy atom. The molecule has 0 aromatic heterocycles. The lowest BCUT2D eigenvalue weighted by Crippen LogP contribution is -2.69. The molecule has 1 saturated heterocycles. The SMILES string of the molecule is [C-]#[N+]c1cccc(OCC23CC(C(=O)N4CC(F)CC4c4cccc(F)c4)(C2)C3)c1. The molecule has 1 heterocycles. The average molecular weight is 408 g/mol. The fourth-order valence-corrected chi connectivity index (χ4v) is 5.60. The maximum Gasteiger partial charge on any atom is 0.229 e. The molecule has 0 radical (unpaired) electrons. The molecule has 6 heteroatoms. The molecule has 4 fully saturated rings. The van der Waals surface area contributed by atoms with Crippen molar-refractivity contribution in [2.75, 3.05) is 13.2 Å². The van der Waals surface area contributed by atoms with E-state index >= 15 is 0 Å². The van der Waals surface area contributed by atoms with E-state index in [4.69, 9.17) is 11.3 Å². The van der Waals surface area contributed by atoms with Gasteiger partial charge in [-0.3, -0.25) is 4.79 Å². The van der Waals surface area contributed by atoms with E-state index in [0.717, 1.165) is 19.3 Å². The molecule has 0 N–H and O–H groups in total. The third-order valence-corrected chi connectivity index (χ3v) is 6.83. The van der Waals surface area contributed by atoms with Gasteiger partial charge >= 0.3 is 0 Å². The molecule has 2 aromatic rings. The number of benzene rings is 2. The van der Waals surface area contributed by atoms with E-state index in [9.17, 15) is 13.6 Å². The predicted octanol–water partition coefficient (Wildman–Crippen LogP) is 5.24. The summed E-state index contributed by atoms with van der Waals surface area (Å²) in [7, 11) is 0. The van der Waals surface area contributed by atoms with Crippen LogP contribution in [0.15, 0.2) is 48.5 Å². The highest BCUT2D eigenvalue weighted by Gasteiger charge is 2.72. The third kappa shape index (κ3) is 3.04. The summed E-state index contributed by atoms with van der Waals surface area (Å²) in [6.45, 7) is 7.68. The first-order chi connectivity index (χ1) is 14.4. The second kappa shape index (κ2) is 6.80. The fraction of sp³-hybridized carbons (Fsp3) is 0.417. The second-order valence-corrected chi connectivity index (χ2v) is 9.07. The van der Waals surface area contributed by atoms with Crippen molar-refractivity contribution in [3.8, 4) is 5.75 Å². The number of hydrogen-bond donors (Lipinski definition) is 0. The minimum Gasteiger partial charge on any atom is -0.494 e. The van der Waals surface area contributed by atoms with E-state index in [1.165, 1.54) is 12.1 Å². The molecule has 4 nitrogen and oxygen atoms in total. The third-order valence-electron chi connectivity index (χ3n) is 6.83. The topological polar surface area (TPSA) is 33.9 Å². The minimum atomic E-state index is -1.08. The molecule has 1 amide bonds. The van der Waals surface area contributed by atoms with Crippen molar-refractivity contribution < 1.29 is 18.3 Å². The number of amides is 1. The summed E-state index contributed by atoms with van der Waals surface area (Å²) < 4.78 is 33.8. The van der Waals surface area contributed by atoms with Crippen LogP contribution >= 0.6 is 0 Å². The van der Waals surface area contributed by atoms with Crippen LogP contribution in [0.5, 0.6) is 5.75 Å². The van der Waals surface area contributed by atoms with Crippen LogP contribution in [0.2, 0.25) is 0 Å². The highest BCUT2D eigenvalue weighted by atomic mass is 19.1. The van der Waals surface area contributed by atoms with Gasteiger partial charge in [0.1, 0.15) is 17.7 Å². The summed E-state index contributed by atoms with van der Waals surface area (Å²) in [5.41, 5.74) is 0.771. The quantitative estimate of drug-likeness (QED) is 0.635. The van der Waals surface area contributed by atoms with Crippen molar-refractivity contribution in [2.45, 2.75) is 37.9 Å². The molecule has 2 aromatic carbocycles. The first kappa shape index (κ1) is 19.0. The van der Waals surface area contributed by atoms with Gasteiger partial charge in [-0.05, 0) is 49.1 Å². The van der Waals surface area contributed by atoms with Crippen molar-refractivity contribution in [1.29, 1.82) is 0 Å². The Kier molecular flexibility index (Phi) is 4.32. The van der Waals surface area contributed by atoms with E-state index < -0.39 is 17.6 Å². The summed E-state index contributed by atoms with van der Waals surface area (Å²) in [5.74, 6) is 0.291. The Hall–Kier alpha value is -2.94. The lowest BCUT2D eigenvalue weighted by atomic mass is 9.35. The van der Waals surface area contributed by atoms with Gasteiger partial charge in [-0.15, -0.1) is 0 Å². The maximum absolute atomic E-state index is 14.2. The van der Waals surface area contributed by atoms with Gasteiger partial charge in [-0.25, -0.2) is 13.6 Å². The van der Waals surface area contributed by atoms with Gasteiger partial charge in [0, 0.05) is 11.8 Å². The molecule has 6 rings (SSSR count). The van der Waals surface area contributed by atoms with Crippen LogP contribution in [0.3, 0.4) is 0 Å². The van der Waals surface area contributed by atoms with Gasteiger partial charge in [0.05, 0.1) is 31.2 Å². The van der Waals surface area contributed by atoms with Crippen molar-refractivity contribution in [3.63, 3.8) is 0 Å². The molecule has 3 aliphatic carbocycles. The van der Waals surface area contributed by atoms with E-state index in [0.29, 0.717) is 23.6 Å². The second-order valence-electron chi connectivity index (χ2n) is 9.07. The fourth-order valence-electron chi connectivity index (χ4n) is 5.60. The number of rotatable bonds is 5. The minimum absolute atomic E-state index is 0.00575. The Balaban J connectivity index is 1.23. The number of carbonyl (C=O) groups excluding carboxylic acids is 1. The summed E-state index contributed by atoms with van der Waals surface area (Å²) in [6, 6.07) is 12.8. The van der Waals surface area contributed by atoms with Crippen molar-refractivity contribution in [2.24, 2.45) is 10.8 Å². The molecular weight excluding hydrogens is 386 g/mol. The summed E-state index contributed by atoms with van der Waals surface area (Å²) in [5, 5.41) is 0. The normalized spacial score (nSPS) is 31.4. The van der Waals surface area contributed by atoms with Gasteiger partial charge in [0.2, 0.25) is 5.91 Å². The first-order valence-corrected chi connectivity index (χ1v) is 10.2. The number of carbonyl (C=O) groups is 1. The number of halogens is 2. The number of hydrogen-bond acceptors (Lipinski definition) is 2. The van der Waals surface area contributed by atoms with Gasteiger partial charge in [-0.1, -0.05) is 24.3 Å². The smallest absolute Gasteiger partial charge is 0.229 e. The van der Waals surface area contributed by atoms with Gasteiger partial charge in [0.25, 0.3) is 0 Å². The van der Waals surface area contributed by atoms with E-state index in [1.54, 1.807) is 35.2 Å². The van der Waals surface area contributed by atoms with E-state index in [-0.39, 0.29) is 30.1 Å². The Morgan fingerprint density at radius 1 is 1.20 bits per heavy atom. The molecule has 154 valence electrons. The van der Waals surface area contributed by atoms with Crippen LogP contribution in [0.4, 0.5) is 14.5 Å². The molecule has 2 unspecified atom stereocenters. The van der Waals surface area contributed by atoms with Crippen molar-refractivity contribution in [3.05, 3.63) is 71.3 Å². The number of nitrogens with zero attached hydrogens (tertiary/aromatic N) is 2. The molecule has 2 bridgehead atoms. The Bertz CT molecular complexity index is 1030. The molecular formula is C24H22F2N2O2. The van der Waals surface area contributed by atoms with Crippen molar-refractivity contribution in [1.82, 2.24) is 4.90 Å². The van der Waals surface area contributed by atoms with E-state index in [2.05, 4.69) is 4.85 Å². The Labute approximate surface area is 174 Å². The first-order valence-electron chi connectivity index (χ1n) is 10.2. The van der Waals surface area contributed by atoms with Gasteiger partial charge in [-0.2, -0.15) is 0 Å². The Morgan fingerprint density at radius 3 is 2.70 bits per heavy atom. The molecule has 2 atom stereocenters. The monoisotopic (exact) mass is 408 g/mol. The largest absolute Gasteiger partial charge is 0.494 e. The van der Waals surface area contributed by atoms with Crippen LogP contribution in [0.25, 0.3) is 4.85 Å². The average Bonchev–Trinajstić information content (AvgIpc) is 3.08. The zero-order valence-corrected chi connectivity index (χ0v) is 16.5. The van der Waals surface area contributed by atoms with Gasteiger partial charge in [0.15, 0.2) is 5.69 Å². The van der Waals surface area contributed by atoms with Crippen LogP contribution in [0.1, 0.15) is 37.3 Å². The van der Waals surface area contributed by atoms with Gasteiger partial charge < -0.3 is 9.64 Å². The van der Waals surface area contributed by atoms with Crippen molar-refractivity contribution >= 4 is 11.6 Å². The zero-order valence-electron chi connectivity index (χ0n) is 16.5. The molecule has 4 aliphatic rings. The molecule has 0 spiro atoms. The van der Waals surface area contributed by atoms with Crippen LogP contribution in [-0.4, -0.2) is 30.1 Å². The van der Waals surface area contributed by atoms with Crippen LogP contribution in [0, 0.1) is 23.2 Å². The maximum atomic E-state index is 14.2. The number of ether oxygens (including phenoxy) is 1. The number of likely N-dealkylation sites (tertiary alicyclic amines) is 1. The molecule has 30 heavy (non-hydrogen) atoms. The van der Waals surface area contributed by atoms with E-state index in [1.807, 2.05) is 6.07 Å². The summed E-state index contributed by atoms with van der Waals surface area (Å²) in [6.07, 6.45) is 1.36. The lowest BCUT2D eigenvalue weighted by Gasteiger charge is -2.69. The lowest BCUT2D eigenvalue weighted by molar-refractivity contribution is -0.226. The highest BCUT2D eigenvalue weighted by Crippen LogP contribution is 2.74. The van der Waals surface area contributed by atoms with Crippen LogP contribution in [-0.2, 0) is 4.79 Å². The highest BCUT2D eigenvalue weighted by molar-refractivity contribution is 5.87. The molecule has 3 saturated carbocycles. The summed E-state index contributed by atoms with van der Waals surface area (Å²) >= 11 is 0. The zero-order chi connectivity index (χ0) is 20.9. The number of alkyl halides is 1. The predicted molar refractivity (Wildman–Crippen MR) is 107 cm³/mol. The molecule has 1 aliphatic heterocycles. The standard InChI is InChI=1S/C24H22F2N2O2/c1-27-19-6-3-7-20(10-19)30-15-23-12-24(13-23,14-23)22(29)28-11-18(26)9-21(28)16-4-2-5-17(25)8-16/h2-8,10,18,21H,9,11-15H2. The van der Waals surface area contributed by atoms with Crippen LogP contribution < -0.4 is 4.74 Å². The summed E-state index contributed by atoms with van der Waals surface area (Å²) in [4.78, 5) is 18.3.